The molecule has 2 aromatic heterocycles. The molecular formula is C29H25F4N3O3. The van der Waals surface area contributed by atoms with Gasteiger partial charge in [0, 0.05) is 30.8 Å². The first kappa shape index (κ1) is 26.4. The summed E-state index contributed by atoms with van der Waals surface area (Å²) in [7, 11) is 0. The molecule has 3 heterocycles. The largest absolute Gasteiger partial charge is 0.619 e. The van der Waals surface area contributed by atoms with Gasteiger partial charge in [0.05, 0.1) is 11.7 Å². The zero-order valence-corrected chi connectivity index (χ0v) is 20.6. The molecule has 0 radical (unpaired) electrons. The van der Waals surface area contributed by atoms with E-state index in [9.17, 15) is 22.8 Å². The highest BCUT2D eigenvalue weighted by Gasteiger charge is 2.24. The monoisotopic (exact) mass is 539 g/mol. The number of rotatable bonds is 9. The number of hydrogen-bond donors (Lipinski definition) is 1. The van der Waals surface area contributed by atoms with Crippen LogP contribution >= 0.6 is 0 Å². The molecule has 1 aliphatic rings. The lowest BCUT2D eigenvalue weighted by Crippen LogP contribution is -2.31. The smallest absolute Gasteiger partial charge is 0.387 e. The van der Waals surface area contributed by atoms with Crippen LogP contribution in [-0.2, 0) is 12.8 Å². The number of aromatic nitrogens is 2. The average Bonchev–Trinajstić information content (AvgIpc) is 2.93. The van der Waals surface area contributed by atoms with Crippen molar-refractivity contribution in [3.05, 3.63) is 124 Å². The fourth-order valence-corrected chi connectivity index (χ4v) is 4.93. The van der Waals surface area contributed by atoms with E-state index in [1.807, 2.05) is 24.3 Å². The van der Waals surface area contributed by atoms with Crippen molar-refractivity contribution < 1.29 is 31.8 Å². The SMILES string of the molecule is [O-][n+]1ccc(CC(c2ccc(C3NCCc4ccccc43)nc2)c2ccc(OC(F)F)c(OC(F)F)c2)cc1. The van der Waals surface area contributed by atoms with Crippen LogP contribution in [0.3, 0.4) is 0 Å². The van der Waals surface area contributed by atoms with Crippen LogP contribution in [0.2, 0.25) is 0 Å². The van der Waals surface area contributed by atoms with Crippen LogP contribution in [0, 0.1) is 5.21 Å². The number of fused-ring (bicyclic) bond motifs is 1. The van der Waals surface area contributed by atoms with E-state index < -0.39 is 30.6 Å². The van der Waals surface area contributed by atoms with E-state index >= 15 is 0 Å². The highest BCUT2D eigenvalue weighted by atomic mass is 19.3. The predicted octanol–water partition coefficient (Wildman–Crippen LogP) is 5.53. The van der Waals surface area contributed by atoms with Gasteiger partial charge in [-0.15, -0.1) is 0 Å². The van der Waals surface area contributed by atoms with Crippen LogP contribution in [-0.4, -0.2) is 24.8 Å². The van der Waals surface area contributed by atoms with Crippen LogP contribution in [0.4, 0.5) is 17.6 Å². The molecule has 0 aliphatic carbocycles. The number of benzene rings is 2. The van der Waals surface area contributed by atoms with E-state index in [1.165, 1.54) is 41.7 Å². The molecule has 5 rings (SSSR count). The number of ether oxygens (including phenoxy) is 2. The lowest BCUT2D eigenvalue weighted by Gasteiger charge is -2.27. The third-order valence-electron chi connectivity index (χ3n) is 6.73. The molecule has 0 saturated carbocycles. The second kappa shape index (κ2) is 11.7. The van der Waals surface area contributed by atoms with E-state index in [0.29, 0.717) is 16.7 Å². The van der Waals surface area contributed by atoms with Gasteiger partial charge in [-0.05, 0) is 58.9 Å². The van der Waals surface area contributed by atoms with Gasteiger partial charge in [0.15, 0.2) is 23.9 Å². The Morgan fingerprint density at radius 1 is 0.897 bits per heavy atom. The number of hydrogen-bond acceptors (Lipinski definition) is 5. The van der Waals surface area contributed by atoms with Gasteiger partial charge in [-0.3, -0.25) is 4.98 Å². The molecule has 2 aromatic carbocycles. The number of halogens is 4. The van der Waals surface area contributed by atoms with Crippen molar-refractivity contribution in [1.29, 1.82) is 0 Å². The Hall–Kier alpha value is -4.18. The Morgan fingerprint density at radius 3 is 2.33 bits per heavy atom. The Kier molecular flexibility index (Phi) is 7.92. The van der Waals surface area contributed by atoms with Crippen molar-refractivity contribution in [2.24, 2.45) is 0 Å². The van der Waals surface area contributed by atoms with Gasteiger partial charge in [-0.2, -0.15) is 22.3 Å². The van der Waals surface area contributed by atoms with E-state index in [4.69, 9.17) is 4.98 Å². The minimum absolute atomic E-state index is 0.0686. The first-order valence-electron chi connectivity index (χ1n) is 12.4. The summed E-state index contributed by atoms with van der Waals surface area (Å²) in [5.74, 6) is -1.40. The first-order valence-corrected chi connectivity index (χ1v) is 12.4. The molecular weight excluding hydrogens is 514 g/mol. The van der Waals surface area contributed by atoms with Crippen LogP contribution in [0.15, 0.2) is 85.3 Å². The maximum Gasteiger partial charge on any atom is 0.387 e. The zero-order valence-electron chi connectivity index (χ0n) is 20.6. The van der Waals surface area contributed by atoms with Gasteiger partial charge in [0.25, 0.3) is 0 Å². The number of alkyl halides is 4. The summed E-state index contributed by atoms with van der Waals surface area (Å²) in [6, 6.07) is 19.3. The van der Waals surface area contributed by atoms with Crippen molar-refractivity contribution in [2.75, 3.05) is 6.54 Å². The Morgan fingerprint density at radius 2 is 1.62 bits per heavy atom. The Balaban J connectivity index is 1.51. The molecule has 0 amide bonds. The van der Waals surface area contributed by atoms with Gasteiger partial charge in [-0.1, -0.05) is 36.4 Å². The minimum atomic E-state index is -3.23. The van der Waals surface area contributed by atoms with Crippen LogP contribution < -0.4 is 19.5 Å². The third kappa shape index (κ3) is 6.28. The maximum atomic E-state index is 13.1. The van der Waals surface area contributed by atoms with Gasteiger partial charge < -0.3 is 20.0 Å². The zero-order chi connectivity index (χ0) is 27.4. The molecule has 0 saturated heterocycles. The molecule has 39 heavy (non-hydrogen) atoms. The number of nitrogens with zero attached hydrogens (tertiary/aromatic N) is 2. The van der Waals surface area contributed by atoms with Crippen molar-refractivity contribution >= 4 is 0 Å². The van der Waals surface area contributed by atoms with Gasteiger partial charge in [-0.25, -0.2) is 0 Å². The van der Waals surface area contributed by atoms with Crippen molar-refractivity contribution in [3.63, 3.8) is 0 Å². The summed E-state index contributed by atoms with van der Waals surface area (Å²) in [5.41, 5.74) is 5.37. The predicted molar refractivity (Wildman–Crippen MR) is 135 cm³/mol. The highest BCUT2D eigenvalue weighted by Crippen LogP contribution is 2.37. The van der Waals surface area contributed by atoms with Crippen molar-refractivity contribution in [3.8, 4) is 11.5 Å². The molecule has 202 valence electrons. The van der Waals surface area contributed by atoms with Gasteiger partial charge in [0.1, 0.15) is 0 Å². The van der Waals surface area contributed by atoms with Crippen molar-refractivity contribution in [2.45, 2.75) is 38.0 Å². The fraction of sp³-hybridized carbons (Fsp3) is 0.241. The lowest BCUT2D eigenvalue weighted by atomic mass is 9.86. The topological polar surface area (TPSA) is 70.3 Å². The molecule has 0 spiro atoms. The molecule has 6 nitrogen and oxygen atoms in total. The normalized spacial score (nSPS) is 15.7. The number of nitrogens with one attached hydrogen (secondary N) is 1. The maximum absolute atomic E-state index is 13.1. The van der Waals surface area contributed by atoms with Gasteiger partial charge in [0.2, 0.25) is 0 Å². The molecule has 4 aromatic rings. The molecule has 2 unspecified atom stereocenters. The summed E-state index contributed by atoms with van der Waals surface area (Å²) in [6.07, 6.45) is 5.78. The van der Waals surface area contributed by atoms with E-state index in [2.05, 4.69) is 26.9 Å². The number of pyridine rings is 2. The minimum Gasteiger partial charge on any atom is -0.619 e. The first-order chi connectivity index (χ1) is 18.9. The van der Waals surface area contributed by atoms with Crippen LogP contribution in [0.1, 0.15) is 45.5 Å². The Bertz CT molecular complexity index is 1400. The summed E-state index contributed by atoms with van der Waals surface area (Å²) >= 11 is 0. The molecule has 0 bridgehead atoms. The van der Waals surface area contributed by atoms with Crippen LogP contribution in [0.25, 0.3) is 0 Å². The molecule has 1 N–H and O–H groups in total. The molecule has 10 heteroatoms. The second-order valence-corrected chi connectivity index (χ2v) is 9.14. The van der Waals surface area contributed by atoms with Crippen LogP contribution in [0.5, 0.6) is 11.5 Å². The van der Waals surface area contributed by atoms with Crippen molar-refractivity contribution in [1.82, 2.24) is 10.3 Å². The third-order valence-corrected chi connectivity index (χ3v) is 6.73. The molecule has 1 aliphatic heterocycles. The Labute approximate surface area is 222 Å². The van der Waals surface area contributed by atoms with E-state index in [-0.39, 0.29) is 6.04 Å². The lowest BCUT2D eigenvalue weighted by molar-refractivity contribution is -0.605. The average molecular weight is 540 g/mol. The quantitative estimate of drug-likeness (QED) is 0.172. The van der Waals surface area contributed by atoms with Gasteiger partial charge >= 0.3 is 13.2 Å². The fourth-order valence-electron chi connectivity index (χ4n) is 4.93. The van der Waals surface area contributed by atoms with E-state index in [1.54, 1.807) is 18.3 Å². The summed E-state index contributed by atoms with van der Waals surface area (Å²) in [4.78, 5) is 4.74. The highest BCUT2D eigenvalue weighted by molar-refractivity contribution is 5.47. The molecule has 2 atom stereocenters. The standard InChI is InChI=1S/C29H25F4N3O3/c30-28(31)38-25-8-6-20(16-26(25)39-29(32)33)23(15-18-10-13-36(37)14-11-18)21-5-7-24(35-17-21)27-22-4-2-1-3-19(22)9-12-34-27/h1-8,10-11,13-14,16-17,23,27-29,34H,9,12,15H2. The van der Waals surface area contributed by atoms with E-state index in [0.717, 1.165) is 29.8 Å². The summed E-state index contributed by atoms with van der Waals surface area (Å²) in [5, 5.41) is 15.0. The summed E-state index contributed by atoms with van der Waals surface area (Å²) < 4.78 is 61.5. The molecule has 0 fully saturated rings. The second-order valence-electron chi connectivity index (χ2n) is 9.14. The summed E-state index contributed by atoms with van der Waals surface area (Å²) in [6.45, 7) is -5.61.